The van der Waals surface area contributed by atoms with Crippen molar-refractivity contribution in [2.75, 3.05) is 75.2 Å². The molecule has 4 heterocycles. The molecule has 2 aromatic heterocycles. The Morgan fingerprint density at radius 3 is 2.49 bits per heavy atom. The standard InChI is InChI=1S/C27H36ClN8O2P/c1-38-23-16-25(36-12-8-19(9-13-36)35-14-10-29-11-15-35)30-18-22(23)33-27-31-17-20(28)26(34-27)32-21-6-4-5-7-24(21)39(2,3)37/h4-7,16-19,29H,8-15H2,1-3H3,(H2,31,32,33,34). The molecular formula is C27H36ClN8O2P. The Kier molecular flexibility index (Phi) is 8.57. The molecule has 3 N–H and O–H groups in total. The van der Waals surface area contributed by atoms with Gasteiger partial charge in [-0.05, 0) is 38.3 Å². The zero-order valence-electron chi connectivity index (χ0n) is 22.7. The first-order chi connectivity index (χ1) is 18.8. The number of hydrogen-bond donors (Lipinski definition) is 3. The van der Waals surface area contributed by atoms with Crippen molar-refractivity contribution in [3.63, 3.8) is 0 Å². The van der Waals surface area contributed by atoms with Gasteiger partial charge in [0.1, 0.15) is 29.4 Å². The third kappa shape index (κ3) is 6.64. The summed E-state index contributed by atoms with van der Waals surface area (Å²) in [6, 6.07) is 10.1. The van der Waals surface area contributed by atoms with E-state index in [4.69, 9.17) is 21.3 Å². The number of anilines is 5. The predicted octanol–water partition coefficient (Wildman–Crippen LogP) is 4.14. The minimum Gasteiger partial charge on any atom is -0.494 e. The zero-order valence-corrected chi connectivity index (χ0v) is 24.3. The number of piperazine rings is 1. The van der Waals surface area contributed by atoms with E-state index < -0.39 is 7.14 Å². The summed E-state index contributed by atoms with van der Waals surface area (Å²) in [5.41, 5.74) is 1.35. The van der Waals surface area contributed by atoms with Gasteiger partial charge in [0.15, 0.2) is 5.82 Å². The van der Waals surface area contributed by atoms with Gasteiger partial charge in [-0.25, -0.2) is 9.97 Å². The molecule has 0 atom stereocenters. The number of halogens is 1. The van der Waals surface area contributed by atoms with Crippen LogP contribution in [0.25, 0.3) is 0 Å². The van der Waals surface area contributed by atoms with Crippen molar-refractivity contribution in [3.05, 3.63) is 47.7 Å². The molecule has 10 nitrogen and oxygen atoms in total. The maximum atomic E-state index is 12.8. The average molecular weight is 571 g/mol. The molecular weight excluding hydrogens is 535 g/mol. The lowest BCUT2D eigenvalue weighted by atomic mass is 10.0. The summed E-state index contributed by atoms with van der Waals surface area (Å²) in [6.45, 7) is 9.83. The molecule has 2 aliphatic heterocycles. The highest BCUT2D eigenvalue weighted by Crippen LogP contribution is 2.39. The lowest BCUT2D eigenvalue weighted by molar-refractivity contribution is 0.150. The highest BCUT2D eigenvalue weighted by Gasteiger charge is 2.26. The molecule has 0 aliphatic carbocycles. The highest BCUT2D eigenvalue weighted by molar-refractivity contribution is 7.70. The quantitative estimate of drug-likeness (QED) is 0.342. The molecule has 2 fully saturated rings. The van der Waals surface area contributed by atoms with E-state index in [1.165, 1.54) is 6.20 Å². The summed E-state index contributed by atoms with van der Waals surface area (Å²) in [6.07, 6.45) is 5.54. The predicted molar refractivity (Wildman–Crippen MR) is 160 cm³/mol. The SMILES string of the molecule is COc1cc(N2CCC(N3CCNCC3)CC2)ncc1Nc1ncc(Cl)c(Nc2ccccc2P(C)(C)=O)n1. The second-order valence-electron chi connectivity index (χ2n) is 10.3. The summed E-state index contributed by atoms with van der Waals surface area (Å²) in [7, 11) is -0.871. The van der Waals surface area contributed by atoms with Crippen LogP contribution < -0.4 is 30.9 Å². The minimum atomic E-state index is -2.51. The number of nitrogens with one attached hydrogen (secondary N) is 3. The van der Waals surface area contributed by atoms with Gasteiger partial charge in [0, 0.05) is 56.7 Å². The Morgan fingerprint density at radius 2 is 1.77 bits per heavy atom. The first kappa shape index (κ1) is 27.6. The van der Waals surface area contributed by atoms with Gasteiger partial charge < -0.3 is 30.2 Å². The number of pyridine rings is 1. The molecule has 5 rings (SSSR count). The van der Waals surface area contributed by atoms with Crippen LogP contribution in [0.1, 0.15) is 12.8 Å². The fourth-order valence-corrected chi connectivity index (χ4v) is 6.48. The summed E-state index contributed by atoms with van der Waals surface area (Å²) in [4.78, 5) is 18.6. The number of piperidine rings is 1. The lowest BCUT2D eigenvalue weighted by Gasteiger charge is -2.40. The first-order valence-electron chi connectivity index (χ1n) is 13.3. The van der Waals surface area contributed by atoms with Crippen molar-refractivity contribution in [2.45, 2.75) is 18.9 Å². The van der Waals surface area contributed by atoms with E-state index in [1.54, 1.807) is 26.6 Å². The summed E-state index contributed by atoms with van der Waals surface area (Å²) in [5.74, 6) is 2.29. The van der Waals surface area contributed by atoms with E-state index in [1.807, 2.05) is 30.3 Å². The van der Waals surface area contributed by atoms with Crippen molar-refractivity contribution in [3.8, 4) is 5.75 Å². The van der Waals surface area contributed by atoms with Crippen LogP contribution in [-0.4, -0.2) is 85.6 Å². The lowest BCUT2D eigenvalue weighted by Crippen LogP contribution is -2.52. The van der Waals surface area contributed by atoms with Crippen LogP contribution in [0.5, 0.6) is 5.75 Å². The molecule has 0 saturated carbocycles. The van der Waals surface area contributed by atoms with Crippen LogP contribution in [0.15, 0.2) is 42.7 Å². The van der Waals surface area contributed by atoms with Crippen molar-refractivity contribution in [1.29, 1.82) is 0 Å². The third-order valence-electron chi connectivity index (χ3n) is 7.26. The molecule has 2 aliphatic rings. The Bertz CT molecular complexity index is 1340. The first-order valence-corrected chi connectivity index (χ1v) is 16.2. The second-order valence-corrected chi connectivity index (χ2v) is 13.8. The fraction of sp³-hybridized carbons (Fsp3) is 0.444. The van der Waals surface area contributed by atoms with Crippen LogP contribution >= 0.6 is 18.7 Å². The van der Waals surface area contributed by atoms with Crippen LogP contribution in [0.3, 0.4) is 0 Å². The number of aromatic nitrogens is 3. The van der Waals surface area contributed by atoms with Gasteiger partial charge in [-0.1, -0.05) is 23.7 Å². The number of para-hydroxylation sites is 1. The van der Waals surface area contributed by atoms with Gasteiger partial charge >= 0.3 is 0 Å². The number of nitrogens with zero attached hydrogens (tertiary/aromatic N) is 5. The van der Waals surface area contributed by atoms with Gasteiger partial charge in [-0.15, -0.1) is 0 Å². The van der Waals surface area contributed by atoms with Gasteiger partial charge in [0.2, 0.25) is 5.95 Å². The second kappa shape index (κ2) is 12.1. The normalized spacial score (nSPS) is 17.2. The van der Waals surface area contributed by atoms with Crippen LogP contribution in [-0.2, 0) is 4.57 Å². The Balaban J connectivity index is 1.29. The topological polar surface area (TPSA) is 108 Å². The van der Waals surface area contributed by atoms with E-state index in [0.717, 1.165) is 63.2 Å². The number of hydrogen-bond acceptors (Lipinski definition) is 10. The van der Waals surface area contributed by atoms with E-state index in [-0.39, 0.29) is 0 Å². The Hall–Kier alpha value is -2.91. The number of benzene rings is 1. The van der Waals surface area contributed by atoms with Gasteiger partial charge in [0.05, 0.1) is 25.2 Å². The molecule has 12 heteroatoms. The van der Waals surface area contributed by atoms with Crippen molar-refractivity contribution in [1.82, 2.24) is 25.2 Å². The van der Waals surface area contributed by atoms with Gasteiger partial charge in [0.25, 0.3) is 0 Å². The van der Waals surface area contributed by atoms with Crippen molar-refractivity contribution >= 4 is 53.0 Å². The number of ether oxygens (including phenoxy) is 1. The summed E-state index contributed by atoms with van der Waals surface area (Å²) in [5, 5.41) is 10.9. The van der Waals surface area contributed by atoms with Crippen LogP contribution in [0.4, 0.5) is 29.0 Å². The Labute approximate surface area is 234 Å². The fourth-order valence-electron chi connectivity index (χ4n) is 5.18. The van der Waals surface area contributed by atoms with E-state index in [0.29, 0.717) is 40.0 Å². The largest absolute Gasteiger partial charge is 0.494 e. The molecule has 0 unspecified atom stereocenters. The molecule has 0 radical (unpaired) electrons. The third-order valence-corrected chi connectivity index (χ3v) is 9.08. The minimum absolute atomic E-state index is 0.334. The summed E-state index contributed by atoms with van der Waals surface area (Å²) >= 11 is 6.41. The maximum Gasteiger partial charge on any atom is 0.229 e. The molecule has 0 amide bonds. The zero-order chi connectivity index (χ0) is 27.4. The molecule has 208 valence electrons. The monoisotopic (exact) mass is 570 g/mol. The van der Waals surface area contributed by atoms with Crippen molar-refractivity contribution < 1.29 is 9.30 Å². The number of methoxy groups -OCH3 is 1. The van der Waals surface area contributed by atoms with E-state index in [2.05, 4.69) is 35.7 Å². The average Bonchev–Trinajstić information content (AvgIpc) is 2.95. The highest BCUT2D eigenvalue weighted by atomic mass is 35.5. The molecule has 1 aromatic carbocycles. The maximum absolute atomic E-state index is 12.8. The summed E-state index contributed by atoms with van der Waals surface area (Å²) < 4.78 is 18.5. The van der Waals surface area contributed by atoms with Crippen LogP contribution in [0, 0.1) is 0 Å². The molecule has 0 spiro atoms. The molecule has 2 saturated heterocycles. The van der Waals surface area contributed by atoms with Gasteiger partial charge in [-0.2, -0.15) is 4.98 Å². The van der Waals surface area contributed by atoms with Gasteiger partial charge in [-0.3, -0.25) is 4.90 Å². The Morgan fingerprint density at radius 1 is 1.03 bits per heavy atom. The molecule has 0 bridgehead atoms. The number of rotatable bonds is 8. The van der Waals surface area contributed by atoms with E-state index in [9.17, 15) is 4.57 Å². The van der Waals surface area contributed by atoms with Crippen molar-refractivity contribution in [2.24, 2.45) is 0 Å². The molecule has 39 heavy (non-hydrogen) atoms. The smallest absolute Gasteiger partial charge is 0.229 e. The van der Waals surface area contributed by atoms with Crippen LogP contribution in [0.2, 0.25) is 5.02 Å². The van der Waals surface area contributed by atoms with E-state index >= 15 is 0 Å². The molecule has 3 aromatic rings.